The summed E-state index contributed by atoms with van der Waals surface area (Å²) in [4.78, 5) is 35.9. The van der Waals surface area contributed by atoms with E-state index in [-0.39, 0.29) is 17.5 Å². The number of carboxylic acids is 1. The molecule has 1 aliphatic heterocycles. The monoisotopic (exact) mass is 457 g/mol. The number of carbonyl (C=O) groups excluding carboxylic acids is 1. The lowest BCUT2D eigenvalue weighted by Crippen LogP contribution is -2.25. The van der Waals surface area contributed by atoms with Gasteiger partial charge in [0.15, 0.2) is 12.0 Å². The minimum absolute atomic E-state index is 0.0438. The second kappa shape index (κ2) is 8.41. The van der Waals surface area contributed by atoms with Crippen LogP contribution in [0.3, 0.4) is 0 Å². The van der Waals surface area contributed by atoms with Gasteiger partial charge in [-0.15, -0.1) is 0 Å². The van der Waals surface area contributed by atoms with Crippen molar-refractivity contribution in [2.24, 2.45) is 0 Å². The van der Waals surface area contributed by atoms with Crippen molar-refractivity contribution in [1.82, 2.24) is 9.97 Å². The molecule has 33 heavy (non-hydrogen) atoms. The maximum Gasteiger partial charge on any atom is 0.336 e. The number of rotatable bonds is 5. The number of hydrogen-bond acceptors (Lipinski definition) is 6. The fourth-order valence-corrected chi connectivity index (χ4v) is 3.59. The molecule has 11 heteroatoms. The molecule has 0 saturated heterocycles. The van der Waals surface area contributed by atoms with Crippen molar-refractivity contribution < 1.29 is 27.9 Å². The third kappa shape index (κ3) is 3.93. The van der Waals surface area contributed by atoms with Gasteiger partial charge in [0.1, 0.15) is 5.69 Å². The number of para-hydroxylation sites is 1. The average Bonchev–Trinajstić information content (AvgIpc) is 2.88. The number of nitrogens with one attached hydrogen (secondary N) is 1. The number of hydrogen-bond donors (Lipinski definition) is 2. The molecule has 4 rings (SSSR count). The largest absolute Gasteiger partial charge is 0.478 e. The van der Waals surface area contributed by atoms with Crippen LogP contribution in [0.15, 0.2) is 48.7 Å². The summed E-state index contributed by atoms with van der Waals surface area (Å²) < 4.78 is 39.9. The third-order valence-electron chi connectivity index (χ3n) is 5.29. The Bertz CT molecular complexity index is 1250. The second-order valence-corrected chi connectivity index (χ2v) is 7.31. The van der Waals surface area contributed by atoms with Crippen molar-refractivity contribution in [2.75, 3.05) is 29.2 Å². The lowest BCUT2D eigenvalue weighted by Gasteiger charge is -2.21. The molecule has 1 atom stereocenters. The Morgan fingerprint density at radius 3 is 2.48 bits per heavy atom. The number of aromatic nitrogens is 2. The van der Waals surface area contributed by atoms with Crippen LogP contribution in [0.1, 0.15) is 32.5 Å². The van der Waals surface area contributed by atoms with Gasteiger partial charge in [0.2, 0.25) is 5.95 Å². The van der Waals surface area contributed by atoms with Crippen LogP contribution < -0.4 is 15.1 Å². The number of aromatic carboxylic acids is 1. The summed E-state index contributed by atoms with van der Waals surface area (Å²) in [6, 6.07) is 10.3. The molecule has 1 aliphatic rings. The Hall–Kier alpha value is -4.15. The van der Waals surface area contributed by atoms with E-state index in [4.69, 9.17) is 0 Å². The van der Waals surface area contributed by atoms with Gasteiger partial charge in [-0.3, -0.25) is 4.79 Å². The van der Waals surface area contributed by atoms with Gasteiger partial charge in [0, 0.05) is 25.3 Å². The van der Waals surface area contributed by atoms with Crippen molar-refractivity contribution in [3.8, 4) is 0 Å². The number of benzene rings is 2. The van der Waals surface area contributed by atoms with E-state index < -0.39 is 29.7 Å². The van der Waals surface area contributed by atoms with Crippen LogP contribution in [0.25, 0.3) is 0 Å². The Morgan fingerprint density at radius 2 is 1.79 bits per heavy atom. The predicted octanol–water partition coefficient (Wildman–Crippen LogP) is 4.55. The number of anilines is 5. The highest BCUT2D eigenvalue weighted by Gasteiger charge is 2.29. The normalized spacial score (nSPS) is 13.9. The summed E-state index contributed by atoms with van der Waals surface area (Å²) >= 11 is 0. The number of amides is 1. The Kier molecular flexibility index (Phi) is 5.62. The number of alkyl halides is 3. The van der Waals surface area contributed by atoms with Crippen LogP contribution in [-0.2, 0) is 0 Å². The van der Waals surface area contributed by atoms with Gasteiger partial charge in [-0.25, -0.2) is 22.9 Å². The lowest BCUT2D eigenvalue weighted by atomic mass is 10.0. The zero-order valence-electron chi connectivity index (χ0n) is 17.5. The number of fused-ring (bicyclic) bond motifs is 2. The van der Waals surface area contributed by atoms with Gasteiger partial charge in [0.25, 0.3) is 12.3 Å². The van der Waals surface area contributed by atoms with Gasteiger partial charge in [-0.05, 0) is 30.3 Å². The molecular formula is C22H18F3N5O3. The van der Waals surface area contributed by atoms with Crippen molar-refractivity contribution in [3.63, 3.8) is 0 Å². The number of halogens is 3. The first-order valence-electron chi connectivity index (χ1n) is 9.73. The summed E-state index contributed by atoms with van der Waals surface area (Å²) in [7, 11) is 3.33. The van der Waals surface area contributed by atoms with Crippen LogP contribution in [0.4, 0.5) is 42.0 Å². The van der Waals surface area contributed by atoms with Gasteiger partial charge in [0.05, 0.1) is 23.0 Å². The summed E-state index contributed by atoms with van der Waals surface area (Å²) in [6.45, 7) is 0. The molecule has 1 amide bonds. The molecule has 8 nitrogen and oxygen atoms in total. The maximum atomic E-state index is 14.0. The second-order valence-electron chi connectivity index (χ2n) is 7.31. The first-order chi connectivity index (χ1) is 15.7. The SMILES string of the molecule is CN1C(=O)c2ccccc2N(C)c2nc(Nc3ccc(C(=O)O)c(C(F)C(F)F)c3)ncc21. The molecule has 2 heterocycles. The maximum absolute atomic E-state index is 14.0. The summed E-state index contributed by atoms with van der Waals surface area (Å²) in [6.07, 6.45) is -4.73. The smallest absolute Gasteiger partial charge is 0.336 e. The van der Waals surface area contributed by atoms with Crippen LogP contribution in [-0.4, -0.2) is 47.5 Å². The van der Waals surface area contributed by atoms with Crippen molar-refractivity contribution >= 4 is 40.7 Å². The van der Waals surface area contributed by atoms with Crippen LogP contribution in [0.5, 0.6) is 0 Å². The minimum atomic E-state index is -3.39. The standard InChI is InChI=1S/C22H18F3N5O3/c1-29-15-6-4-3-5-13(15)20(31)30(2)16-10-26-22(28-19(16)29)27-11-7-8-12(21(32)33)14(9-11)17(23)18(24)25/h3-10,17-18H,1-2H3,(H,32,33)(H,26,27,28). The highest BCUT2D eigenvalue weighted by atomic mass is 19.3. The fraction of sp³-hybridized carbons (Fsp3) is 0.182. The average molecular weight is 457 g/mol. The molecular weight excluding hydrogens is 439 g/mol. The van der Waals surface area contributed by atoms with E-state index in [1.165, 1.54) is 17.2 Å². The van der Waals surface area contributed by atoms with E-state index in [0.717, 1.165) is 12.1 Å². The molecule has 2 N–H and O–H groups in total. The highest BCUT2D eigenvalue weighted by Crippen LogP contribution is 2.38. The molecule has 0 spiro atoms. The van der Waals surface area contributed by atoms with Gasteiger partial charge in [-0.2, -0.15) is 4.98 Å². The number of carbonyl (C=O) groups is 2. The van der Waals surface area contributed by atoms with E-state index in [1.54, 1.807) is 43.3 Å². The Morgan fingerprint density at radius 1 is 1.06 bits per heavy atom. The zero-order valence-corrected chi connectivity index (χ0v) is 17.5. The van der Waals surface area contributed by atoms with Crippen LogP contribution in [0, 0.1) is 0 Å². The van der Waals surface area contributed by atoms with Crippen molar-refractivity contribution in [2.45, 2.75) is 12.6 Å². The summed E-state index contributed by atoms with van der Waals surface area (Å²) in [5, 5.41) is 12.0. The summed E-state index contributed by atoms with van der Waals surface area (Å²) in [5.41, 5.74) is 0.446. The molecule has 1 unspecified atom stereocenters. The third-order valence-corrected chi connectivity index (χ3v) is 5.29. The molecule has 1 aromatic heterocycles. The molecule has 170 valence electrons. The van der Waals surface area contributed by atoms with Crippen LogP contribution in [0.2, 0.25) is 0 Å². The van der Waals surface area contributed by atoms with Crippen molar-refractivity contribution in [1.29, 1.82) is 0 Å². The van der Waals surface area contributed by atoms with E-state index in [1.807, 2.05) is 0 Å². The quantitative estimate of drug-likeness (QED) is 0.580. The highest BCUT2D eigenvalue weighted by molar-refractivity contribution is 6.13. The van der Waals surface area contributed by atoms with E-state index in [0.29, 0.717) is 22.8 Å². The molecule has 2 aromatic carbocycles. The van der Waals surface area contributed by atoms with E-state index >= 15 is 0 Å². The first-order valence-corrected chi connectivity index (χ1v) is 9.73. The van der Waals surface area contributed by atoms with Gasteiger partial charge < -0.3 is 20.2 Å². The molecule has 3 aromatic rings. The molecule has 0 fully saturated rings. The van der Waals surface area contributed by atoms with Gasteiger partial charge in [-0.1, -0.05) is 12.1 Å². The molecule has 0 radical (unpaired) electrons. The number of nitrogens with zero attached hydrogens (tertiary/aromatic N) is 4. The number of carboxylic acid groups (broad SMARTS) is 1. The first kappa shape index (κ1) is 22.1. The van der Waals surface area contributed by atoms with Crippen molar-refractivity contribution in [3.05, 3.63) is 65.4 Å². The summed E-state index contributed by atoms with van der Waals surface area (Å²) in [5.74, 6) is -1.32. The molecule has 0 saturated carbocycles. The van der Waals surface area contributed by atoms with E-state index in [9.17, 15) is 27.9 Å². The lowest BCUT2D eigenvalue weighted by molar-refractivity contribution is 0.0477. The molecule has 0 bridgehead atoms. The minimum Gasteiger partial charge on any atom is -0.478 e. The predicted molar refractivity (Wildman–Crippen MR) is 116 cm³/mol. The van der Waals surface area contributed by atoms with Crippen LogP contribution >= 0.6 is 0 Å². The molecule has 0 aliphatic carbocycles. The topological polar surface area (TPSA) is 98.7 Å². The zero-order chi connectivity index (χ0) is 23.9. The Balaban J connectivity index is 1.73. The van der Waals surface area contributed by atoms with Gasteiger partial charge >= 0.3 is 5.97 Å². The fourth-order valence-electron chi connectivity index (χ4n) is 3.59. The Labute approximate surface area is 186 Å². The van der Waals surface area contributed by atoms with E-state index in [2.05, 4.69) is 15.3 Å².